The molecule has 0 saturated carbocycles. The highest BCUT2D eigenvalue weighted by molar-refractivity contribution is 4.84. The molecule has 0 fully saturated rings. The van der Waals surface area contributed by atoms with Crippen LogP contribution >= 0.6 is 0 Å². The van der Waals surface area contributed by atoms with E-state index in [-0.39, 0.29) is 0 Å². The average Bonchev–Trinajstić information content (AvgIpc) is 2.01. The molecule has 0 aliphatic carbocycles. The SMILES string of the molecule is C#CCCN(C)CCCC=C. The molecule has 0 aromatic rings. The Morgan fingerprint density at radius 3 is 2.82 bits per heavy atom. The van der Waals surface area contributed by atoms with Crippen LogP contribution in [0.2, 0.25) is 0 Å². The molecule has 0 saturated heterocycles. The number of unbranched alkanes of at least 4 members (excludes halogenated alkanes) is 1. The van der Waals surface area contributed by atoms with Crippen LogP contribution in [-0.4, -0.2) is 25.0 Å². The van der Waals surface area contributed by atoms with Crippen molar-refractivity contribution in [3.63, 3.8) is 0 Å². The second-order valence-electron chi connectivity index (χ2n) is 2.69. The molecule has 1 heteroatoms. The van der Waals surface area contributed by atoms with Gasteiger partial charge in [-0.2, -0.15) is 0 Å². The number of hydrogen-bond donors (Lipinski definition) is 0. The Hall–Kier alpha value is -0.740. The minimum absolute atomic E-state index is 0.852. The molecule has 0 heterocycles. The van der Waals surface area contributed by atoms with E-state index in [2.05, 4.69) is 24.4 Å². The summed E-state index contributed by atoms with van der Waals surface area (Å²) in [7, 11) is 2.10. The molecule has 0 aromatic heterocycles. The molecule has 11 heavy (non-hydrogen) atoms. The molecule has 0 unspecified atom stereocenters. The number of hydrogen-bond acceptors (Lipinski definition) is 1. The van der Waals surface area contributed by atoms with E-state index in [0.717, 1.165) is 25.9 Å². The maximum absolute atomic E-state index is 5.14. The van der Waals surface area contributed by atoms with Crippen LogP contribution < -0.4 is 0 Å². The first-order valence-electron chi connectivity index (χ1n) is 4.04. The van der Waals surface area contributed by atoms with E-state index in [1.165, 1.54) is 6.42 Å². The van der Waals surface area contributed by atoms with Crippen LogP contribution in [-0.2, 0) is 0 Å². The molecule has 0 aromatic carbocycles. The Balaban J connectivity index is 3.16. The second kappa shape index (κ2) is 7.37. The Kier molecular flexibility index (Phi) is 6.87. The monoisotopic (exact) mass is 151 g/mol. The van der Waals surface area contributed by atoms with Gasteiger partial charge in [-0.05, 0) is 26.4 Å². The van der Waals surface area contributed by atoms with Gasteiger partial charge in [0, 0.05) is 13.0 Å². The van der Waals surface area contributed by atoms with Crippen LogP contribution in [0.5, 0.6) is 0 Å². The van der Waals surface area contributed by atoms with Crippen molar-refractivity contribution in [2.24, 2.45) is 0 Å². The zero-order valence-electron chi connectivity index (χ0n) is 7.34. The Bertz CT molecular complexity index is 132. The Labute approximate surface area is 70.1 Å². The number of terminal acetylenes is 1. The van der Waals surface area contributed by atoms with Gasteiger partial charge in [0.05, 0.1) is 0 Å². The lowest BCUT2D eigenvalue weighted by molar-refractivity contribution is 0.339. The summed E-state index contributed by atoms with van der Waals surface area (Å²) in [6.45, 7) is 5.80. The highest BCUT2D eigenvalue weighted by Crippen LogP contribution is 1.93. The van der Waals surface area contributed by atoms with Crippen LogP contribution in [0, 0.1) is 12.3 Å². The molecule has 0 aliphatic rings. The maximum atomic E-state index is 5.14. The molecule has 0 amide bonds. The van der Waals surface area contributed by atoms with Gasteiger partial charge in [-0.15, -0.1) is 18.9 Å². The van der Waals surface area contributed by atoms with Crippen molar-refractivity contribution in [1.82, 2.24) is 4.90 Å². The van der Waals surface area contributed by atoms with Gasteiger partial charge in [0.2, 0.25) is 0 Å². The normalized spacial score (nSPS) is 9.55. The number of nitrogens with zero attached hydrogens (tertiary/aromatic N) is 1. The van der Waals surface area contributed by atoms with Crippen molar-refractivity contribution in [3.8, 4) is 12.3 Å². The van der Waals surface area contributed by atoms with Gasteiger partial charge >= 0.3 is 0 Å². The lowest BCUT2D eigenvalue weighted by atomic mass is 10.3. The molecule has 1 nitrogen and oxygen atoms in total. The standard InChI is InChI=1S/C10H17N/c1-4-6-8-10-11(3)9-7-5-2/h2,4H,1,6-10H2,3H3. The van der Waals surface area contributed by atoms with E-state index in [0.29, 0.717) is 0 Å². The van der Waals surface area contributed by atoms with Crippen LogP contribution in [0.15, 0.2) is 12.7 Å². The highest BCUT2D eigenvalue weighted by atomic mass is 15.1. The van der Waals surface area contributed by atoms with E-state index in [1.807, 2.05) is 6.08 Å². The van der Waals surface area contributed by atoms with Gasteiger partial charge in [-0.25, -0.2) is 0 Å². The fourth-order valence-electron chi connectivity index (χ4n) is 0.873. The third-order valence-corrected chi connectivity index (χ3v) is 1.59. The first kappa shape index (κ1) is 10.3. The molecule has 62 valence electrons. The molecule has 0 bridgehead atoms. The maximum Gasteiger partial charge on any atom is 0.0214 e. The third kappa shape index (κ3) is 7.15. The quantitative estimate of drug-likeness (QED) is 0.318. The van der Waals surface area contributed by atoms with Crippen LogP contribution in [0.4, 0.5) is 0 Å². The van der Waals surface area contributed by atoms with Crippen LogP contribution in [0.25, 0.3) is 0 Å². The van der Waals surface area contributed by atoms with Crippen molar-refractivity contribution in [1.29, 1.82) is 0 Å². The summed E-state index contributed by atoms with van der Waals surface area (Å²) in [5.74, 6) is 2.63. The number of rotatable bonds is 6. The summed E-state index contributed by atoms with van der Waals surface area (Å²) in [4.78, 5) is 2.25. The molecule has 0 atom stereocenters. The first-order valence-corrected chi connectivity index (χ1v) is 4.04. The fraction of sp³-hybridized carbons (Fsp3) is 0.600. The van der Waals surface area contributed by atoms with Gasteiger partial charge < -0.3 is 4.90 Å². The topological polar surface area (TPSA) is 3.24 Å². The highest BCUT2D eigenvalue weighted by Gasteiger charge is 1.94. The minimum atomic E-state index is 0.852. The summed E-state index contributed by atoms with van der Waals surface area (Å²) in [5, 5.41) is 0. The van der Waals surface area contributed by atoms with Crippen molar-refractivity contribution in [2.45, 2.75) is 19.3 Å². The summed E-state index contributed by atoms with van der Waals surface area (Å²) in [5.41, 5.74) is 0. The van der Waals surface area contributed by atoms with Gasteiger partial charge in [0.15, 0.2) is 0 Å². The minimum Gasteiger partial charge on any atom is -0.305 e. The van der Waals surface area contributed by atoms with Gasteiger partial charge in [0.1, 0.15) is 0 Å². The molecule has 0 N–H and O–H groups in total. The van der Waals surface area contributed by atoms with Crippen molar-refractivity contribution >= 4 is 0 Å². The smallest absolute Gasteiger partial charge is 0.0214 e. The Morgan fingerprint density at radius 2 is 2.27 bits per heavy atom. The van der Waals surface area contributed by atoms with E-state index in [1.54, 1.807) is 0 Å². The summed E-state index contributed by atoms with van der Waals surface area (Å²) in [6.07, 6.45) is 10.2. The average molecular weight is 151 g/mol. The molecular formula is C10H17N. The van der Waals surface area contributed by atoms with Gasteiger partial charge in [-0.1, -0.05) is 6.08 Å². The van der Waals surface area contributed by atoms with Gasteiger partial charge in [0.25, 0.3) is 0 Å². The fourth-order valence-corrected chi connectivity index (χ4v) is 0.873. The summed E-state index contributed by atoms with van der Waals surface area (Å²) in [6, 6.07) is 0. The number of allylic oxidation sites excluding steroid dienone is 1. The van der Waals surface area contributed by atoms with Gasteiger partial charge in [-0.3, -0.25) is 0 Å². The van der Waals surface area contributed by atoms with Crippen LogP contribution in [0.1, 0.15) is 19.3 Å². The lowest BCUT2D eigenvalue weighted by Gasteiger charge is -2.13. The predicted octanol–water partition coefficient (Wildman–Crippen LogP) is 1.91. The zero-order chi connectivity index (χ0) is 8.53. The Morgan fingerprint density at radius 1 is 1.55 bits per heavy atom. The zero-order valence-corrected chi connectivity index (χ0v) is 7.34. The molecule has 0 spiro atoms. The first-order chi connectivity index (χ1) is 5.31. The molecule has 0 rings (SSSR count). The summed E-state index contributed by atoms with van der Waals surface area (Å²) < 4.78 is 0. The van der Waals surface area contributed by atoms with E-state index < -0.39 is 0 Å². The van der Waals surface area contributed by atoms with Crippen molar-refractivity contribution < 1.29 is 0 Å². The summed E-state index contributed by atoms with van der Waals surface area (Å²) >= 11 is 0. The second-order valence-corrected chi connectivity index (χ2v) is 2.69. The lowest BCUT2D eigenvalue weighted by Crippen LogP contribution is -2.20. The molecule has 0 radical (unpaired) electrons. The molecule has 0 aliphatic heterocycles. The predicted molar refractivity (Wildman–Crippen MR) is 50.4 cm³/mol. The van der Waals surface area contributed by atoms with Crippen LogP contribution in [0.3, 0.4) is 0 Å². The van der Waals surface area contributed by atoms with Crippen molar-refractivity contribution in [2.75, 3.05) is 20.1 Å². The van der Waals surface area contributed by atoms with E-state index in [9.17, 15) is 0 Å². The third-order valence-electron chi connectivity index (χ3n) is 1.59. The molecular weight excluding hydrogens is 134 g/mol. The largest absolute Gasteiger partial charge is 0.305 e. The van der Waals surface area contributed by atoms with E-state index in [4.69, 9.17) is 6.42 Å². The van der Waals surface area contributed by atoms with E-state index >= 15 is 0 Å². The van der Waals surface area contributed by atoms with Crippen molar-refractivity contribution in [3.05, 3.63) is 12.7 Å².